The van der Waals surface area contributed by atoms with Gasteiger partial charge in [-0.05, 0) is 31.5 Å². The summed E-state index contributed by atoms with van der Waals surface area (Å²) in [6, 6.07) is 4.21. The highest BCUT2D eigenvalue weighted by Gasteiger charge is 2.12. The molecule has 0 spiro atoms. The van der Waals surface area contributed by atoms with Gasteiger partial charge in [0, 0.05) is 11.6 Å². The van der Waals surface area contributed by atoms with Gasteiger partial charge in [0.15, 0.2) is 0 Å². The number of hydrogen-bond donors (Lipinski definition) is 1. The van der Waals surface area contributed by atoms with E-state index in [9.17, 15) is 4.39 Å². The Morgan fingerprint density at radius 2 is 2.27 bits per heavy atom. The van der Waals surface area contributed by atoms with Crippen LogP contribution in [0.5, 0.6) is 5.75 Å². The highest BCUT2D eigenvalue weighted by atomic mass is 19.1. The van der Waals surface area contributed by atoms with E-state index in [1.165, 1.54) is 6.07 Å². The number of rotatable bonds is 4. The Balaban J connectivity index is 2.95. The molecule has 0 fully saturated rings. The molecule has 0 aromatic heterocycles. The van der Waals surface area contributed by atoms with Gasteiger partial charge in [0.2, 0.25) is 0 Å². The molecule has 0 heterocycles. The van der Waals surface area contributed by atoms with Gasteiger partial charge in [-0.3, -0.25) is 0 Å². The minimum atomic E-state index is -0.363. The number of nitrogens with two attached hydrogens (primary N) is 1. The van der Waals surface area contributed by atoms with Crippen molar-refractivity contribution in [2.75, 3.05) is 7.11 Å². The summed E-state index contributed by atoms with van der Waals surface area (Å²) in [5, 5.41) is 0. The zero-order valence-electron chi connectivity index (χ0n) is 9.09. The number of benzene rings is 1. The summed E-state index contributed by atoms with van der Waals surface area (Å²) in [5.41, 5.74) is 7.27. The lowest BCUT2D eigenvalue weighted by Crippen LogP contribution is -2.12. The normalized spacial score (nSPS) is 12.3. The van der Waals surface area contributed by atoms with Crippen molar-refractivity contribution < 1.29 is 9.13 Å². The average Bonchev–Trinajstić information content (AvgIpc) is 2.17. The van der Waals surface area contributed by atoms with Crippen molar-refractivity contribution in [2.45, 2.75) is 19.4 Å². The van der Waals surface area contributed by atoms with Gasteiger partial charge in [-0.2, -0.15) is 0 Å². The first-order chi connectivity index (χ1) is 7.04. The van der Waals surface area contributed by atoms with Crippen molar-refractivity contribution in [3.05, 3.63) is 41.7 Å². The molecule has 1 rings (SSSR count). The summed E-state index contributed by atoms with van der Waals surface area (Å²) < 4.78 is 18.5. The maximum atomic E-state index is 13.4. The van der Waals surface area contributed by atoms with Gasteiger partial charge in [0.05, 0.1) is 7.11 Å². The summed E-state index contributed by atoms with van der Waals surface area (Å²) in [4.78, 5) is 0. The quantitative estimate of drug-likeness (QED) is 0.774. The maximum absolute atomic E-state index is 13.4. The van der Waals surface area contributed by atoms with E-state index < -0.39 is 0 Å². The van der Waals surface area contributed by atoms with E-state index in [4.69, 9.17) is 10.5 Å². The zero-order valence-corrected chi connectivity index (χ0v) is 9.09. The molecule has 0 bridgehead atoms. The summed E-state index contributed by atoms with van der Waals surface area (Å²) in [6.07, 6.45) is 0.573. The van der Waals surface area contributed by atoms with Crippen molar-refractivity contribution in [2.24, 2.45) is 5.73 Å². The largest absolute Gasteiger partial charge is 0.497 e. The van der Waals surface area contributed by atoms with Gasteiger partial charge in [0.1, 0.15) is 11.6 Å². The molecule has 0 amide bonds. The highest BCUT2D eigenvalue weighted by molar-refractivity contribution is 5.32. The third-order valence-corrected chi connectivity index (χ3v) is 2.17. The van der Waals surface area contributed by atoms with Gasteiger partial charge < -0.3 is 10.5 Å². The van der Waals surface area contributed by atoms with Crippen LogP contribution in [0.3, 0.4) is 0 Å². The Hall–Kier alpha value is -1.35. The third-order valence-electron chi connectivity index (χ3n) is 2.17. The molecule has 1 atom stereocenters. The fourth-order valence-electron chi connectivity index (χ4n) is 1.42. The monoisotopic (exact) mass is 209 g/mol. The van der Waals surface area contributed by atoms with E-state index in [1.807, 2.05) is 6.92 Å². The SMILES string of the molecule is C=C(C)C[C@H](N)c1cc(OC)ccc1F. The van der Waals surface area contributed by atoms with Gasteiger partial charge in [-0.25, -0.2) is 4.39 Å². The lowest BCUT2D eigenvalue weighted by molar-refractivity contribution is 0.412. The Morgan fingerprint density at radius 1 is 1.60 bits per heavy atom. The Labute approximate surface area is 89.6 Å². The maximum Gasteiger partial charge on any atom is 0.128 e. The molecule has 0 saturated heterocycles. The Morgan fingerprint density at radius 3 is 2.80 bits per heavy atom. The van der Waals surface area contributed by atoms with E-state index >= 15 is 0 Å². The molecule has 82 valence electrons. The molecule has 2 N–H and O–H groups in total. The molecule has 0 aliphatic carbocycles. The van der Waals surface area contributed by atoms with Crippen LogP contribution >= 0.6 is 0 Å². The standard InChI is InChI=1S/C12H16FNO/c1-8(2)6-12(14)10-7-9(15-3)4-5-11(10)13/h4-5,7,12H,1,6,14H2,2-3H3/t12-/m0/s1. The molecule has 1 aromatic rings. The van der Waals surface area contributed by atoms with E-state index in [0.717, 1.165) is 5.57 Å². The molecular formula is C12H16FNO. The van der Waals surface area contributed by atoms with Crippen LogP contribution in [0.15, 0.2) is 30.4 Å². The first-order valence-corrected chi connectivity index (χ1v) is 4.78. The molecule has 0 saturated carbocycles. The number of ether oxygens (including phenoxy) is 1. The Bertz CT molecular complexity index is 363. The number of methoxy groups -OCH3 is 1. The topological polar surface area (TPSA) is 35.2 Å². The van der Waals surface area contributed by atoms with Crippen LogP contribution in [0.1, 0.15) is 24.9 Å². The molecule has 1 aromatic carbocycles. The minimum absolute atomic E-state index is 0.301. The second-order valence-corrected chi connectivity index (χ2v) is 3.66. The molecule has 0 radical (unpaired) electrons. The lowest BCUT2D eigenvalue weighted by Gasteiger charge is -2.13. The van der Waals surface area contributed by atoms with E-state index in [-0.39, 0.29) is 11.9 Å². The van der Waals surface area contributed by atoms with Gasteiger partial charge >= 0.3 is 0 Å². The van der Waals surface area contributed by atoms with Crippen LogP contribution < -0.4 is 10.5 Å². The predicted octanol–water partition coefficient (Wildman–Crippen LogP) is 2.80. The van der Waals surface area contributed by atoms with Crippen molar-refractivity contribution in [3.8, 4) is 5.75 Å². The third kappa shape index (κ3) is 3.06. The van der Waals surface area contributed by atoms with Crippen molar-refractivity contribution >= 4 is 0 Å². The predicted molar refractivity (Wildman–Crippen MR) is 59.3 cm³/mol. The highest BCUT2D eigenvalue weighted by Crippen LogP contribution is 2.24. The fraction of sp³-hybridized carbons (Fsp3) is 0.333. The van der Waals surface area contributed by atoms with Crippen LogP contribution in [-0.2, 0) is 0 Å². The second kappa shape index (κ2) is 4.94. The number of halogens is 1. The molecule has 0 aliphatic rings. The summed E-state index contributed by atoms with van der Waals surface area (Å²) >= 11 is 0. The molecule has 15 heavy (non-hydrogen) atoms. The first-order valence-electron chi connectivity index (χ1n) is 4.78. The van der Waals surface area contributed by atoms with Crippen LogP contribution in [0, 0.1) is 5.82 Å². The average molecular weight is 209 g/mol. The van der Waals surface area contributed by atoms with Crippen molar-refractivity contribution in [1.29, 1.82) is 0 Å². The lowest BCUT2D eigenvalue weighted by atomic mass is 10.0. The van der Waals surface area contributed by atoms with Crippen LogP contribution in [0.4, 0.5) is 4.39 Å². The minimum Gasteiger partial charge on any atom is -0.497 e. The van der Waals surface area contributed by atoms with Gasteiger partial charge in [-0.15, -0.1) is 6.58 Å². The van der Waals surface area contributed by atoms with Crippen molar-refractivity contribution in [1.82, 2.24) is 0 Å². The van der Waals surface area contributed by atoms with Gasteiger partial charge in [0.25, 0.3) is 0 Å². The van der Waals surface area contributed by atoms with Crippen LogP contribution in [0.25, 0.3) is 0 Å². The second-order valence-electron chi connectivity index (χ2n) is 3.66. The van der Waals surface area contributed by atoms with Crippen LogP contribution in [-0.4, -0.2) is 7.11 Å². The molecular weight excluding hydrogens is 193 g/mol. The first kappa shape index (κ1) is 11.7. The van der Waals surface area contributed by atoms with Gasteiger partial charge in [-0.1, -0.05) is 5.57 Å². The fourth-order valence-corrected chi connectivity index (χ4v) is 1.42. The number of hydrogen-bond acceptors (Lipinski definition) is 2. The Kier molecular flexibility index (Phi) is 3.86. The summed E-state index contributed by atoms with van der Waals surface area (Å²) in [5.74, 6) is 0.313. The molecule has 3 heteroatoms. The smallest absolute Gasteiger partial charge is 0.128 e. The van der Waals surface area contributed by atoms with Crippen LogP contribution in [0.2, 0.25) is 0 Å². The van der Waals surface area contributed by atoms with Crippen molar-refractivity contribution in [3.63, 3.8) is 0 Å². The summed E-state index contributed by atoms with van der Waals surface area (Å²) in [7, 11) is 1.54. The summed E-state index contributed by atoms with van der Waals surface area (Å²) in [6.45, 7) is 5.63. The zero-order chi connectivity index (χ0) is 11.4. The molecule has 0 aliphatic heterocycles. The molecule has 2 nitrogen and oxygen atoms in total. The molecule has 0 unspecified atom stereocenters. The van der Waals surface area contributed by atoms with E-state index in [2.05, 4.69) is 6.58 Å². The van der Waals surface area contributed by atoms with E-state index in [0.29, 0.717) is 17.7 Å². The van der Waals surface area contributed by atoms with E-state index in [1.54, 1.807) is 19.2 Å².